The molecule has 1 aromatic heterocycles. The van der Waals surface area contributed by atoms with E-state index < -0.39 is 4.92 Å². The molecule has 1 amide bonds. The summed E-state index contributed by atoms with van der Waals surface area (Å²) in [5, 5.41) is 16.6. The molecule has 28 heavy (non-hydrogen) atoms. The molecule has 0 atom stereocenters. The largest absolute Gasteiger partial charge is 0.486 e. The third kappa shape index (κ3) is 5.10. The number of para-hydroxylation sites is 3. The van der Waals surface area contributed by atoms with Crippen LogP contribution in [-0.4, -0.2) is 23.9 Å². The number of nitrogens with zero attached hydrogens (tertiary/aromatic N) is 1. The molecule has 2 N–H and O–H groups in total. The first-order chi connectivity index (χ1) is 13.6. The summed E-state index contributed by atoms with van der Waals surface area (Å²) in [5.74, 6) is 1.06. The number of furan rings is 1. The van der Waals surface area contributed by atoms with Crippen LogP contribution in [0.2, 0.25) is 0 Å². The van der Waals surface area contributed by atoms with Crippen LogP contribution in [0.5, 0.6) is 5.75 Å². The molecule has 0 aliphatic carbocycles. The number of rotatable bonds is 9. The minimum atomic E-state index is -0.456. The Morgan fingerprint density at radius 3 is 2.54 bits per heavy atom. The number of nitro groups is 1. The first-order valence-corrected chi connectivity index (χ1v) is 8.65. The van der Waals surface area contributed by atoms with Gasteiger partial charge in [0, 0.05) is 19.2 Å². The molecule has 0 saturated carbocycles. The van der Waals surface area contributed by atoms with Crippen LogP contribution < -0.4 is 15.4 Å². The number of ether oxygens (including phenoxy) is 1. The maximum Gasteiger partial charge on any atom is 0.292 e. The Balaban J connectivity index is 1.44. The van der Waals surface area contributed by atoms with Crippen molar-refractivity contribution in [2.45, 2.75) is 6.61 Å². The average molecular weight is 381 g/mol. The zero-order valence-corrected chi connectivity index (χ0v) is 15.0. The zero-order valence-electron chi connectivity index (χ0n) is 15.0. The van der Waals surface area contributed by atoms with E-state index in [1.807, 2.05) is 30.3 Å². The Labute approximate surface area is 161 Å². The zero-order chi connectivity index (χ0) is 19.8. The molecular weight excluding hydrogens is 362 g/mol. The molecule has 0 radical (unpaired) electrons. The van der Waals surface area contributed by atoms with Gasteiger partial charge >= 0.3 is 0 Å². The van der Waals surface area contributed by atoms with Gasteiger partial charge < -0.3 is 19.8 Å². The molecule has 0 saturated heterocycles. The monoisotopic (exact) mass is 381 g/mol. The number of benzene rings is 2. The van der Waals surface area contributed by atoms with E-state index in [2.05, 4.69) is 10.6 Å². The molecule has 1 heterocycles. The summed E-state index contributed by atoms with van der Waals surface area (Å²) in [7, 11) is 0. The highest BCUT2D eigenvalue weighted by Crippen LogP contribution is 2.22. The molecule has 144 valence electrons. The molecule has 0 aliphatic heterocycles. The predicted octanol–water partition coefficient (Wildman–Crippen LogP) is 3.61. The average Bonchev–Trinajstić information content (AvgIpc) is 3.20. The van der Waals surface area contributed by atoms with Gasteiger partial charge in [-0.05, 0) is 30.3 Å². The number of nitrogens with one attached hydrogen (secondary N) is 2. The molecular formula is C20H19N3O5. The summed E-state index contributed by atoms with van der Waals surface area (Å²) >= 11 is 0. The molecule has 8 nitrogen and oxygen atoms in total. The van der Waals surface area contributed by atoms with E-state index >= 15 is 0 Å². The number of carbonyl (C=O) groups is 1. The standard InChI is InChI=1S/C20H19N3O5/c24-20(22-13-12-21-17-8-4-5-9-18(17)23(25)26)19-11-10-16(28-19)14-27-15-6-2-1-3-7-15/h1-11,21H,12-14H2,(H,22,24). The highest BCUT2D eigenvalue weighted by molar-refractivity contribution is 5.91. The number of carbonyl (C=O) groups excluding carboxylic acids is 1. The Hall–Kier alpha value is -3.81. The quantitative estimate of drug-likeness (QED) is 0.333. The van der Waals surface area contributed by atoms with Crippen LogP contribution in [0.15, 0.2) is 71.1 Å². The topological polar surface area (TPSA) is 107 Å². The normalized spacial score (nSPS) is 10.3. The summed E-state index contributed by atoms with van der Waals surface area (Å²) in [6, 6.07) is 18.9. The number of amides is 1. The van der Waals surface area contributed by atoms with Gasteiger partial charge in [0.05, 0.1) is 4.92 Å². The van der Waals surface area contributed by atoms with Crippen LogP contribution in [0, 0.1) is 10.1 Å². The molecule has 3 rings (SSSR count). The lowest BCUT2D eigenvalue weighted by Crippen LogP contribution is -2.28. The second-order valence-electron chi connectivity index (χ2n) is 5.82. The van der Waals surface area contributed by atoms with Gasteiger partial charge in [-0.2, -0.15) is 0 Å². The molecule has 0 unspecified atom stereocenters. The fraction of sp³-hybridized carbons (Fsp3) is 0.150. The van der Waals surface area contributed by atoms with Crippen LogP contribution in [0.4, 0.5) is 11.4 Å². The van der Waals surface area contributed by atoms with E-state index in [4.69, 9.17) is 9.15 Å². The Morgan fingerprint density at radius 2 is 1.75 bits per heavy atom. The van der Waals surface area contributed by atoms with Crippen LogP contribution in [0.1, 0.15) is 16.3 Å². The summed E-state index contributed by atoms with van der Waals surface area (Å²) in [4.78, 5) is 22.6. The maximum atomic E-state index is 12.1. The predicted molar refractivity (Wildman–Crippen MR) is 103 cm³/mol. The van der Waals surface area contributed by atoms with Crippen molar-refractivity contribution in [2.75, 3.05) is 18.4 Å². The van der Waals surface area contributed by atoms with Crippen molar-refractivity contribution in [3.63, 3.8) is 0 Å². The van der Waals surface area contributed by atoms with E-state index in [9.17, 15) is 14.9 Å². The number of anilines is 1. The summed E-state index contributed by atoms with van der Waals surface area (Å²) < 4.78 is 11.1. The molecule has 0 fully saturated rings. The van der Waals surface area contributed by atoms with E-state index in [1.54, 1.807) is 30.3 Å². The Morgan fingerprint density at radius 1 is 1.00 bits per heavy atom. The van der Waals surface area contributed by atoms with E-state index in [-0.39, 0.29) is 30.5 Å². The SMILES string of the molecule is O=C(NCCNc1ccccc1[N+](=O)[O-])c1ccc(COc2ccccc2)o1. The van der Waals surface area contributed by atoms with Gasteiger partial charge in [-0.3, -0.25) is 14.9 Å². The maximum absolute atomic E-state index is 12.1. The number of hydrogen-bond acceptors (Lipinski definition) is 6. The molecule has 2 aromatic carbocycles. The fourth-order valence-corrected chi connectivity index (χ4v) is 2.49. The van der Waals surface area contributed by atoms with Gasteiger partial charge in [-0.25, -0.2) is 0 Å². The summed E-state index contributed by atoms with van der Waals surface area (Å²) in [6.07, 6.45) is 0. The highest BCUT2D eigenvalue weighted by Gasteiger charge is 2.13. The third-order valence-electron chi connectivity index (χ3n) is 3.84. The Bertz CT molecular complexity index is 940. The lowest BCUT2D eigenvalue weighted by atomic mass is 10.2. The van der Waals surface area contributed by atoms with E-state index in [0.717, 1.165) is 0 Å². The first-order valence-electron chi connectivity index (χ1n) is 8.65. The molecule has 0 aliphatic rings. The van der Waals surface area contributed by atoms with Gasteiger partial charge in [0.25, 0.3) is 11.6 Å². The first kappa shape index (κ1) is 19.0. The van der Waals surface area contributed by atoms with Crippen molar-refractivity contribution >= 4 is 17.3 Å². The van der Waals surface area contributed by atoms with Crippen molar-refractivity contribution in [2.24, 2.45) is 0 Å². The van der Waals surface area contributed by atoms with Gasteiger partial charge in [0.15, 0.2) is 5.76 Å². The van der Waals surface area contributed by atoms with E-state index in [0.29, 0.717) is 23.7 Å². The van der Waals surface area contributed by atoms with Crippen LogP contribution in [0.3, 0.4) is 0 Å². The van der Waals surface area contributed by atoms with Crippen LogP contribution >= 0.6 is 0 Å². The molecule has 0 spiro atoms. The van der Waals surface area contributed by atoms with Gasteiger partial charge in [0.2, 0.25) is 0 Å². The number of hydrogen-bond donors (Lipinski definition) is 2. The van der Waals surface area contributed by atoms with Crippen molar-refractivity contribution in [1.29, 1.82) is 0 Å². The second-order valence-corrected chi connectivity index (χ2v) is 5.82. The van der Waals surface area contributed by atoms with Crippen molar-refractivity contribution in [1.82, 2.24) is 5.32 Å². The molecule has 0 bridgehead atoms. The highest BCUT2D eigenvalue weighted by atomic mass is 16.6. The number of nitro benzene ring substituents is 1. The van der Waals surface area contributed by atoms with Gasteiger partial charge in [-0.15, -0.1) is 0 Å². The van der Waals surface area contributed by atoms with Gasteiger partial charge in [-0.1, -0.05) is 30.3 Å². The Kier molecular flexibility index (Phi) is 6.25. The lowest BCUT2D eigenvalue weighted by Gasteiger charge is -2.07. The van der Waals surface area contributed by atoms with Crippen molar-refractivity contribution in [3.8, 4) is 5.75 Å². The molecule has 8 heteroatoms. The summed E-state index contributed by atoms with van der Waals surface area (Å²) in [5.41, 5.74) is 0.392. The minimum absolute atomic E-state index is 0.0112. The van der Waals surface area contributed by atoms with Gasteiger partial charge in [0.1, 0.15) is 23.8 Å². The molecule has 3 aromatic rings. The minimum Gasteiger partial charge on any atom is -0.486 e. The third-order valence-corrected chi connectivity index (χ3v) is 3.84. The lowest BCUT2D eigenvalue weighted by molar-refractivity contribution is -0.384. The van der Waals surface area contributed by atoms with E-state index in [1.165, 1.54) is 6.07 Å². The van der Waals surface area contributed by atoms with Crippen LogP contribution in [-0.2, 0) is 6.61 Å². The van der Waals surface area contributed by atoms with Crippen molar-refractivity contribution in [3.05, 3.63) is 88.4 Å². The summed E-state index contributed by atoms with van der Waals surface area (Å²) in [6.45, 7) is 0.833. The second kappa shape index (κ2) is 9.22. The smallest absolute Gasteiger partial charge is 0.292 e. The fourth-order valence-electron chi connectivity index (χ4n) is 2.49. The van der Waals surface area contributed by atoms with Crippen molar-refractivity contribution < 1.29 is 18.9 Å². The van der Waals surface area contributed by atoms with Crippen LogP contribution in [0.25, 0.3) is 0 Å².